The number of carbonyl (C=O) groups excluding carboxylic acids is 1. The topological polar surface area (TPSA) is 55.1 Å². The minimum Gasteiger partial charge on any atom is -0.326 e. The van der Waals surface area contributed by atoms with Crippen LogP contribution < -0.4 is 10.5 Å². The first-order valence-corrected chi connectivity index (χ1v) is 8.45. The first-order valence-electron chi connectivity index (χ1n) is 7.57. The van der Waals surface area contributed by atoms with Crippen LogP contribution in [0.4, 0.5) is 5.69 Å². The molecular weight excluding hydrogens is 292 g/mol. The van der Waals surface area contributed by atoms with Gasteiger partial charge in [0.25, 0.3) is 0 Å². The van der Waals surface area contributed by atoms with Gasteiger partial charge >= 0.3 is 0 Å². The molecule has 0 aromatic heterocycles. The van der Waals surface area contributed by atoms with Crippen LogP contribution in [0.5, 0.6) is 0 Å². The predicted molar refractivity (Wildman–Crippen MR) is 93.5 cm³/mol. The van der Waals surface area contributed by atoms with Crippen molar-refractivity contribution < 1.29 is 4.79 Å². The maximum absolute atomic E-state index is 11.9. The molecule has 2 aromatic carbocycles. The van der Waals surface area contributed by atoms with Crippen LogP contribution in [-0.4, -0.2) is 5.91 Å². The second kappa shape index (κ2) is 9.28. The fourth-order valence-corrected chi connectivity index (χ4v) is 2.82. The molecule has 1 amide bonds. The monoisotopic (exact) mass is 314 g/mol. The van der Waals surface area contributed by atoms with Gasteiger partial charge < -0.3 is 5.32 Å². The van der Waals surface area contributed by atoms with Crippen LogP contribution in [0.1, 0.15) is 25.7 Å². The Hall–Kier alpha value is -1.78. The summed E-state index contributed by atoms with van der Waals surface area (Å²) >= 11 is 1.19. The number of nitrogens with one attached hydrogen (secondary N) is 1. The lowest BCUT2D eigenvalue weighted by atomic mass is 10.1. The number of anilines is 1. The summed E-state index contributed by atoms with van der Waals surface area (Å²) in [4.78, 5) is 12.8. The number of hydrogen-bond donors (Lipinski definition) is 2. The average Bonchev–Trinajstić information content (AvgIpc) is 3.12. The highest BCUT2D eigenvalue weighted by Gasteiger charge is 2.22. The summed E-state index contributed by atoms with van der Waals surface area (Å²) < 4.78 is 0. The molecule has 2 aromatic rings. The highest BCUT2D eigenvalue weighted by molar-refractivity contribution is 7.97. The quantitative estimate of drug-likeness (QED) is 0.822. The summed E-state index contributed by atoms with van der Waals surface area (Å²) in [5.74, 6) is 0.353. The van der Waals surface area contributed by atoms with Gasteiger partial charge in [-0.1, -0.05) is 55.3 Å². The maximum Gasteiger partial charge on any atom is 0.227 e. The first kappa shape index (κ1) is 16.6. The van der Waals surface area contributed by atoms with E-state index >= 15 is 0 Å². The van der Waals surface area contributed by atoms with Gasteiger partial charge in [0.15, 0.2) is 0 Å². The van der Waals surface area contributed by atoms with Crippen molar-refractivity contribution in [1.82, 2.24) is 0 Å². The fourth-order valence-electron chi connectivity index (χ4n) is 2.46. The normalized spacial score (nSPS) is 14.0. The third kappa shape index (κ3) is 5.54. The average molecular weight is 314 g/mol. The molecule has 0 saturated heterocycles. The van der Waals surface area contributed by atoms with E-state index in [-0.39, 0.29) is 11.8 Å². The van der Waals surface area contributed by atoms with Crippen molar-refractivity contribution in [3.05, 3.63) is 60.7 Å². The zero-order chi connectivity index (χ0) is 15.6. The molecule has 0 spiro atoms. The van der Waals surface area contributed by atoms with Gasteiger partial charge in [-0.3, -0.25) is 9.93 Å². The Morgan fingerprint density at radius 3 is 2.14 bits per heavy atom. The molecule has 1 fully saturated rings. The van der Waals surface area contributed by atoms with Gasteiger partial charge in [0.05, 0.1) is 0 Å². The zero-order valence-corrected chi connectivity index (χ0v) is 13.4. The van der Waals surface area contributed by atoms with E-state index in [1.165, 1.54) is 24.8 Å². The molecule has 0 aliphatic heterocycles. The van der Waals surface area contributed by atoms with Crippen LogP contribution in [0, 0.1) is 5.92 Å². The number of amides is 1. The molecule has 3 rings (SSSR count). The fraction of sp³-hybridized carbons (Fsp3) is 0.278. The largest absolute Gasteiger partial charge is 0.326 e. The minimum absolute atomic E-state index is 0.150. The molecule has 1 aliphatic rings. The van der Waals surface area contributed by atoms with Crippen molar-refractivity contribution in [2.45, 2.75) is 30.6 Å². The van der Waals surface area contributed by atoms with Gasteiger partial charge in [0, 0.05) is 16.5 Å². The van der Waals surface area contributed by atoms with E-state index in [0.717, 1.165) is 23.4 Å². The lowest BCUT2D eigenvalue weighted by Gasteiger charge is -2.10. The van der Waals surface area contributed by atoms with Crippen molar-refractivity contribution in [2.75, 3.05) is 5.32 Å². The lowest BCUT2D eigenvalue weighted by molar-refractivity contribution is -0.119. The third-order valence-electron chi connectivity index (χ3n) is 3.63. The molecule has 0 unspecified atom stereocenters. The lowest BCUT2D eigenvalue weighted by Crippen LogP contribution is -2.20. The van der Waals surface area contributed by atoms with Crippen molar-refractivity contribution in [3.63, 3.8) is 0 Å². The van der Waals surface area contributed by atoms with Gasteiger partial charge in [0.1, 0.15) is 0 Å². The summed E-state index contributed by atoms with van der Waals surface area (Å²) in [5.41, 5.74) is 0.840. The van der Waals surface area contributed by atoms with Gasteiger partial charge in [-0.2, -0.15) is 0 Å². The molecular formula is C18H22N2OS. The maximum atomic E-state index is 11.9. The standard InChI is InChI=1S/C12H16N2OS.C6H6/c13-16-11-7-3-6-10(8-11)14-12(15)9-4-1-2-5-9;1-2-4-6-5-3-1/h3,6-9H,1-2,4-5,13H2,(H,14,15);1-6H. The van der Waals surface area contributed by atoms with Gasteiger partial charge in [-0.25, -0.2) is 0 Å². The van der Waals surface area contributed by atoms with E-state index in [2.05, 4.69) is 5.32 Å². The van der Waals surface area contributed by atoms with E-state index in [9.17, 15) is 4.79 Å². The van der Waals surface area contributed by atoms with E-state index in [1.807, 2.05) is 60.7 Å². The molecule has 1 aliphatic carbocycles. The van der Waals surface area contributed by atoms with E-state index in [4.69, 9.17) is 5.14 Å². The molecule has 3 nitrogen and oxygen atoms in total. The van der Waals surface area contributed by atoms with Gasteiger partial charge in [-0.05, 0) is 43.0 Å². The summed E-state index contributed by atoms with van der Waals surface area (Å²) in [7, 11) is 0. The van der Waals surface area contributed by atoms with Crippen LogP contribution >= 0.6 is 11.9 Å². The van der Waals surface area contributed by atoms with Crippen molar-refractivity contribution >= 4 is 23.5 Å². The minimum atomic E-state index is 0.150. The van der Waals surface area contributed by atoms with Gasteiger partial charge in [0.2, 0.25) is 5.91 Å². The highest BCUT2D eigenvalue weighted by Crippen LogP contribution is 2.26. The van der Waals surface area contributed by atoms with Gasteiger partial charge in [-0.15, -0.1) is 0 Å². The molecule has 0 atom stereocenters. The summed E-state index contributed by atoms with van der Waals surface area (Å²) in [5, 5.41) is 8.43. The number of carbonyl (C=O) groups is 1. The van der Waals surface area contributed by atoms with Crippen molar-refractivity contribution in [1.29, 1.82) is 0 Å². The molecule has 0 radical (unpaired) electrons. The zero-order valence-electron chi connectivity index (χ0n) is 12.6. The van der Waals surface area contributed by atoms with Crippen LogP contribution in [0.15, 0.2) is 65.6 Å². The molecule has 0 bridgehead atoms. The van der Waals surface area contributed by atoms with Crippen LogP contribution in [0.25, 0.3) is 0 Å². The Morgan fingerprint density at radius 2 is 1.59 bits per heavy atom. The predicted octanol–water partition coefficient (Wildman–Crippen LogP) is 4.47. The smallest absolute Gasteiger partial charge is 0.227 e. The number of nitrogens with two attached hydrogens (primary N) is 1. The number of benzene rings is 2. The first-order chi connectivity index (χ1) is 10.8. The summed E-state index contributed by atoms with van der Waals surface area (Å²) in [6.07, 6.45) is 4.40. The Labute approximate surface area is 136 Å². The van der Waals surface area contributed by atoms with Crippen LogP contribution in [0.3, 0.4) is 0 Å². The third-order valence-corrected chi connectivity index (χ3v) is 4.16. The van der Waals surface area contributed by atoms with E-state index in [1.54, 1.807) is 0 Å². The number of hydrogen-bond acceptors (Lipinski definition) is 3. The summed E-state index contributed by atoms with van der Waals surface area (Å²) in [6, 6.07) is 19.6. The summed E-state index contributed by atoms with van der Waals surface area (Å²) in [6.45, 7) is 0. The van der Waals surface area contributed by atoms with Crippen molar-refractivity contribution in [3.8, 4) is 0 Å². The second-order valence-electron chi connectivity index (χ2n) is 5.27. The molecule has 22 heavy (non-hydrogen) atoms. The van der Waals surface area contributed by atoms with E-state index < -0.39 is 0 Å². The molecule has 4 heteroatoms. The molecule has 3 N–H and O–H groups in total. The molecule has 1 saturated carbocycles. The molecule has 116 valence electrons. The number of rotatable bonds is 3. The van der Waals surface area contributed by atoms with Crippen molar-refractivity contribution in [2.24, 2.45) is 11.1 Å². The Balaban J connectivity index is 0.000000246. The Kier molecular flexibility index (Phi) is 7.00. The molecule has 0 heterocycles. The van der Waals surface area contributed by atoms with Crippen LogP contribution in [0.2, 0.25) is 0 Å². The Morgan fingerprint density at radius 1 is 1.00 bits per heavy atom. The SMILES string of the molecule is NSc1cccc(NC(=O)C2CCCC2)c1.c1ccccc1. The highest BCUT2D eigenvalue weighted by atomic mass is 32.2. The van der Waals surface area contributed by atoms with E-state index in [0.29, 0.717) is 0 Å². The van der Waals surface area contributed by atoms with Crippen LogP contribution in [-0.2, 0) is 4.79 Å². The second-order valence-corrected chi connectivity index (χ2v) is 5.98. The Bertz CT molecular complexity index is 542.